The van der Waals surface area contributed by atoms with Crippen molar-refractivity contribution in [1.82, 2.24) is 9.38 Å². The van der Waals surface area contributed by atoms with Crippen LogP contribution in [0, 0.1) is 6.92 Å². The van der Waals surface area contributed by atoms with Crippen molar-refractivity contribution in [2.24, 2.45) is 0 Å². The van der Waals surface area contributed by atoms with Gasteiger partial charge in [0.25, 0.3) is 5.91 Å². The largest absolute Gasteiger partial charge is 0.416 e. The first kappa shape index (κ1) is 18.3. The summed E-state index contributed by atoms with van der Waals surface area (Å²) in [6.45, 7) is 3.72. The van der Waals surface area contributed by atoms with E-state index >= 15 is 0 Å². The minimum absolute atomic E-state index is 0.0226. The number of fused-ring (bicyclic) bond motifs is 1. The van der Waals surface area contributed by atoms with Crippen LogP contribution in [0.3, 0.4) is 0 Å². The van der Waals surface area contributed by atoms with Gasteiger partial charge in [-0.2, -0.15) is 13.2 Å². The lowest BCUT2D eigenvalue weighted by molar-refractivity contribution is -0.137. The van der Waals surface area contributed by atoms with Crippen LogP contribution in [-0.4, -0.2) is 15.3 Å². The molecule has 0 saturated carbocycles. The maximum absolute atomic E-state index is 12.9. The molecule has 0 saturated heterocycles. The number of pyridine rings is 1. The Labute approximate surface area is 152 Å². The number of hydrogen-bond donors (Lipinski definition) is 1. The predicted octanol–water partition coefficient (Wildman–Crippen LogP) is 5.13. The number of amides is 1. The number of hydrogen-bond acceptors (Lipinski definition) is 2. The van der Waals surface area contributed by atoms with E-state index in [1.54, 1.807) is 16.7 Å². The molecule has 0 aliphatic heterocycles. The Hall–Kier alpha value is -2.54. The molecule has 3 rings (SSSR count). The van der Waals surface area contributed by atoms with Gasteiger partial charge in [-0.25, -0.2) is 4.98 Å². The van der Waals surface area contributed by atoms with Gasteiger partial charge in [-0.1, -0.05) is 24.6 Å². The fraction of sp³-hybridized carbons (Fsp3) is 0.222. The van der Waals surface area contributed by atoms with E-state index in [4.69, 9.17) is 11.6 Å². The molecule has 8 heteroatoms. The highest BCUT2D eigenvalue weighted by Crippen LogP contribution is 2.34. The standard InChI is InChI=1S/C18H15ClF3N3O/c1-3-13-16(25-9-10(2)4-7-15(25)23-13)17(26)24-14-8-11(18(20,21)22)5-6-12(14)19/h4-9H,3H2,1-2H3,(H,24,26). The van der Waals surface area contributed by atoms with Crippen LogP contribution in [0.25, 0.3) is 5.65 Å². The Morgan fingerprint density at radius 2 is 2.00 bits per heavy atom. The average Bonchev–Trinajstić information content (AvgIpc) is 2.93. The number of benzene rings is 1. The normalized spacial score (nSPS) is 11.8. The first-order valence-corrected chi connectivity index (χ1v) is 8.24. The monoisotopic (exact) mass is 381 g/mol. The molecular weight excluding hydrogens is 367 g/mol. The lowest BCUT2D eigenvalue weighted by atomic mass is 10.2. The summed E-state index contributed by atoms with van der Waals surface area (Å²) in [6.07, 6.45) is -2.27. The topological polar surface area (TPSA) is 46.4 Å². The Morgan fingerprint density at radius 1 is 1.27 bits per heavy atom. The fourth-order valence-corrected chi connectivity index (χ4v) is 2.83. The summed E-state index contributed by atoms with van der Waals surface area (Å²) in [7, 11) is 0. The number of aromatic nitrogens is 2. The van der Waals surface area contributed by atoms with Crippen LogP contribution in [0.4, 0.5) is 18.9 Å². The first-order valence-electron chi connectivity index (χ1n) is 7.86. The van der Waals surface area contributed by atoms with Crippen molar-refractivity contribution in [3.63, 3.8) is 0 Å². The summed E-state index contributed by atoms with van der Waals surface area (Å²) >= 11 is 5.96. The van der Waals surface area contributed by atoms with Crippen LogP contribution in [0.1, 0.15) is 34.2 Å². The van der Waals surface area contributed by atoms with Crippen molar-refractivity contribution in [3.05, 3.63) is 64.1 Å². The molecule has 3 aromatic rings. The quantitative estimate of drug-likeness (QED) is 0.683. The van der Waals surface area contributed by atoms with E-state index in [-0.39, 0.29) is 16.4 Å². The number of rotatable bonds is 3. The molecular formula is C18H15ClF3N3O. The van der Waals surface area contributed by atoms with Crippen LogP contribution in [0.15, 0.2) is 36.5 Å². The van der Waals surface area contributed by atoms with Gasteiger partial charge in [0, 0.05) is 6.20 Å². The van der Waals surface area contributed by atoms with Gasteiger partial charge in [0.1, 0.15) is 11.3 Å². The Balaban J connectivity index is 2.04. The molecule has 0 aliphatic carbocycles. The van der Waals surface area contributed by atoms with Gasteiger partial charge in [-0.3, -0.25) is 9.20 Å². The number of alkyl halides is 3. The zero-order valence-electron chi connectivity index (χ0n) is 14.0. The van der Waals surface area contributed by atoms with Gasteiger partial charge >= 0.3 is 6.18 Å². The number of aryl methyl sites for hydroxylation is 2. The van der Waals surface area contributed by atoms with Crippen LogP contribution >= 0.6 is 11.6 Å². The third kappa shape index (κ3) is 3.39. The van der Waals surface area contributed by atoms with E-state index in [0.717, 1.165) is 23.8 Å². The number of anilines is 1. The van der Waals surface area contributed by atoms with Gasteiger partial charge in [0.15, 0.2) is 0 Å². The van der Waals surface area contributed by atoms with E-state index in [0.29, 0.717) is 17.8 Å². The van der Waals surface area contributed by atoms with Crippen molar-refractivity contribution in [3.8, 4) is 0 Å². The average molecular weight is 382 g/mol. The lowest BCUT2D eigenvalue weighted by Crippen LogP contribution is -2.17. The maximum Gasteiger partial charge on any atom is 0.416 e. The Bertz CT molecular complexity index is 995. The first-order chi connectivity index (χ1) is 12.2. The summed E-state index contributed by atoms with van der Waals surface area (Å²) in [5.74, 6) is -0.568. The second kappa shape index (κ2) is 6.64. The highest BCUT2D eigenvalue weighted by molar-refractivity contribution is 6.34. The van der Waals surface area contributed by atoms with E-state index in [1.807, 2.05) is 19.9 Å². The Morgan fingerprint density at radius 3 is 2.65 bits per heavy atom. The molecule has 136 valence electrons. The number of carbonyl (C=O) groups excluding carboxylic acids is 1. The van der Waals surface area contributed by atoms with Gasteiger partial charge in [0.05, 0.1) is 22.0 Å². The maximum atomic E-state index is 12.9. The number of nitrogens with zero attached hydrogens (tertiary/aromatic N) is 2. The predicted molar refractivity (Wildman–Crippen MR) is 93.7 cm³/mol. The second-order valence-electron chi connectivity index (χ2n) is 5.84. The summed E-state index contributed by atoms with van der Waals surface area (Å²) in [5, 5.41) is 2.50. The highest BCUT2D eigenvalue weighted by atomic mass is 35.5. The van der Waals surface area contributed by atoms with Gasteiger partial charge in [0.2, 0.25) is 0 Å². The number of carbonyl (C=O) groups is 1. The second-order valence-corrected chi connectivity index (χ2v) is 6.25. The highest BCUT2D eigenvalue weighted by Gasteiger charge is 2.31. The van der Waals surface area contributed by atoms with Crippen molar-refractivity contribution in [2.45, 2.75) is 26.4 Å². The number of imidazole rings is 1. The molecule has 0 unspecified atom stereocenters. The van der Waals surface area contributed by atoms with E-state index in [1.165, 1.54) is 0 Å². The molecule has 2 aromatic heterocycles. The number of nitrogens with one attached hydrogen (secondary N) is 1. The van der Waals surface area contributed by atoms with Crippen LogP contribution < -0.4 is 5.32 Å². The fourth-order valence-electron chi connectivity index (χ4n) is 2.67. The zero-order valence-corrected chi connectivity index (χ0v) is 14.7. The SMILES string of the molecule is CCc1nc2ccc(C)cn2c1C(=O)Nc1cc(C(F)(F)F)ccc1Cl. The van der Waals surface area contributed by atoms with Gasteiger partial charge in [-0.05, 0) is 43.2 Å². The minimum Gasteiger partial charge on any atom is -0.319 e. The number of halogens is 4. The Kier molecular flexibility index (Phi) is 4.66. The molecule has 1 aromatic carbocycles. The third-order valence-electron chi connectivity index (χ3n) is 3.93. The molecule has 0 bridgehead atoms. The third-order valence-corrected chi connectivity index (χ3v) is 4.26. The van der Waals surface area contributed by atoms with E-state index in [9.17, 15) is 18.0 Å². The molecule has 0 fully saturated rings. The molecule has 1 N–H and O–H groups in total. The molecule has 0 atom stereocenters. The molecule has 26 heavy (non-hydrogen) atoms. The summed E-state index contributed by atoms with van der Waals surface area (Å²) < 4.78 is 40.4. The van der Waals surface area contributed by atoms with Crippen molar-refractivity contribution in [1.29, 1.82) is 0 Å². The smallest absolute Gasteiger partial charge is 0.319 e. The lowest BCUT2D eigenvalue weighted by Gasteiger charge is -2.12. The van der Waals surface area contributed by atoms with E-state index < -0.39 is 17.6 Å². The van der Waals surface area contributed by atoms with Gasteiger partial charge < -0.3 is 5.32 Å². The van der Waals surface area contributed by atoms with Crippen LogP contribution in [-0.2, 0) is 12.6 Å². The van der Waals surface area contributed by atoms with Gasteiger partial charge in [-0.15, -0.1) is 0 Å². The molecule has 0 aliphatic rings. The van der Waals surface area contributed by atoms with Crippen molar-refractivity contribution in [2.75, 3.05) is 5.32 Å². The van der Waals surface area contributed by atoms with Crippen LogP contribution in [0.5, 0.6) is 0 Å². The summed E-state index contributed by atoms with van der Waals surface area (Å²) in [4.78, 5) is 17.2. The zero-order chi connectivity index (χ0) is 19.1. The van der Waals surface area contributed by atoms with Crippen molar-refractivity contribution < 1.29 is 18.0 Å². The van der Waals surface area contributed by atoms with E-state index in [2.05, 4.69) is 10.3 Å². The summed E-state index contributed by atoms with van der Waals surface area (Å²) in [5.41, 5.74) is 1.35. The molecule has 4 nitrogen and oxygen atoms in total. The molecule has 1 amide bonds. The molecule has 2 heterocycles. The van der Waals surface area contributed by atoms with Crippen LogP contribution in [0.2, 0.25) is 5.02 Å². The van der Waals surface area contributed by atoms with Crippen molar-refractivity contribution >= 4 is 28.8 Å². The summed E-state index contributed by atoms with van der Waals surface area (Å²) in [6, 6.07) is 6.45. The minimum atomic E-state index is -4.53. The molecule has 0 radical (unpaired) electrons. The molecule has 0 spiro atoms.